The van der Waals surface area contributed by atoms with Gasteiger partial charge >= 0.3 is 0 Å². The predicted molar refractivity (Wildman–Crippen MR) is 195 cm³/mol. The van der Waals surface area contributed by atoms with Gasteiger partial charge in [0.1, 0.15) is 35.9 Å². The molecule has 0 saturated heterocycles. The molecule has 50 heavy (non-hydrogen) atoms. The number of fused-ring (bicyclic) bond motifs is 3. The maximum absolute atomic E-state index is 15.7. The Morgan fingerprint density at radius 3 is 2.06 bits per heavy atom. The monoisotopic (exact) mass is 661 g/mol. The quantitative estimate of drug-likeness (QED) is 0.174. The van der Waals surface area contributed by atoms with E-state index in [0.717, 1.165) is 56.3 Å². The molecule has 6 heteroatoms. The molecule has 0 bridgehead atoms. The van der Waals surface area contributed by atoms with Gasteiger partial charge in [-0.1, -0.05) is 110 Å². The molecule has 6 nitrogen and oxygen atoms in total. The molecule has 250 valence electrons. The molecule has 1 unspecified atom stereocenters. The number of carbonyl (C=O) groups is 1. The smallest absolute Gasteiger partial charge is 0.246 e. The third-order valence-electron chi connectivity index (χ3n) is 9.85. The van der Waals surface area contributed by atoms with Crippen molar-refractivity contribution >= 4 is 11.6 Å². The first-order valence-corrected chi connectivity index (χ1v) is 17.4. The first-order valence-electron chi connectivity index (χ1n) is 17.4. The Balaban J connectivity index is 1.33. The average molecular weight is 662 g/mol. The van der Waals surface area contributed by atoms with Crippen LogP contribution in [0.15, 0.2) is 157 Å². The molecule has 0 aliphatic carbocycles. The average Bonchev–Trinajstić information content (AvgIpc) is 3.65. The van der Waals surface area contributed by atoms with Crippen LogP contribution in [0.25, 0.3) is 11.1 Å². The third kappa shape index (κ3) is 5.65. The zero-order valence-corrected chi connectivity index (χ0v) is 28.1. The van der Waals surface area contributed by atoms with Gasteiger partial charge in [0.15, 0.2) is 0 Å². The Kier molecular flexibility index (Phi) is 8.69. The van der Waals surface area contributed by atoms with E-state index in [0.29, 0.717) is 38.4 Å². The summed E-state index contributed by atoms with van der Waals surface area (Å²) in [5.41, 5.74) is 5.73. The lowest BCUT2D eigenvalue weighted by molar-refractivity contribution is -0.123. The maximum atomic E-state index is 15.7. The molecule has 1 spiro atoms. The predicted octanol–water partition coefficient (Wildman–Crippen LogP) is 9.53. The second-order valence-electron chi connectivity index (χ2n) is 12.8. The van der Waals surface area contributed by atoms with Gasteiger partial charge in [-0.2, -0.15) is 0 Å². The molecule has 3 aliphatic heterocycles. The van der Waals surface area contributed by atoms with Gasteiger partial charge in [0.05, 0.1) is 30.7 Å². The zero-order valence-electron chi connectivity index (χ0n) is 28.1. The van der Waals surface area contributed by atoms with E-state index in [-0.39, 0.29) is 18.6 Å². The summed E-state index contributed by atoms with van der Waals surface area (Å²) in [4.78, 5) is 17.7. The van der Waals surface area contributed by atoms with Crippen molar-refractivity contribution in [2.24, 2.45) is 0 Å². The van der Waals surface area contributed by atoms with E-state index in [2.05, 4.69) is 61.5 Å². The lowest BCUT2D eigenvalue weighted by atomic mass is 9.72. The molecule has 5 aromatic carbocycles. The molecular weight excluding hydrogens is 622 g/mol. The van der Waals surface area contributed by atoms with Crippen molar-refractivity contribution in [3.8, 4) is 22.6 Å². The fourth-order valence-electron chi connectivity index (χ4n) is 7.55. The molecular formula is C44H39NO5. The minimum atomic E-state index is -1.07. The van der Waals surface area contributed by atoms with Crippen LogP contribution in [-0.2, 0) is 24.4 Å². The number of carbonyl (C=O) groups excluding carboxylic acids is 1. The number of hydrogen-bond donors (Lipinski definition) is 0. The molecule has 1 atom stereocenters. The maximum Gasteiger partial charge on any atom is 0.246 e. The number of anilines is 1. The van der Waals surface area contributed by atoms with Crippen molar-refractivity contribution < 1.29 is 23.7 Å². The van der Waals surface area contributed by atoms with E-state index >= 15 is 4.79 Å². The first kappa shape index (κ1) is 31.7. The molecule has 0 fully saturated rings. The van der Waals surface area contributed by atoms with Crippen LogP contribution in [0.1, 0.15) is 42.5 Å². The van der Waals surface area contributed by atoms with Crippen molar-refractivity contribution in [2.75, 3.05) is 31.3 Å². The molecule has 0 radical (unpaired) electrons. The van der Waals surface area contributed by atoms with Gasteiger partial charge in [-0.05, 0) is 64.6 Å². The molecule has 3 aliphatic rings. The number of rotatable bonds is 7. The topological polar surface area (TPSA) is 57.2 Å². The highest BCUT2D eigenvalue weighted by molar-refractivity contribution is 6.14. The summed E-state index contributed by atoms with van der Waals surface area (Å²) in [6.45, 7) is 3.68. The van der Waals surface area contributed by atoms with Crippen LogP contribution in [0.5, 0.6) is 11.5 Å². The van der Waals surface area contributed by atoms with Gasteiger partial charge in [-0.15, -0.1) is 0 Å². The highest BCUT2D eigenvalue weighted by Gasteiger charge is 2.60. The number of ether oxygens (including phenoxy) is 4. The van der Waals surface area contributed by atoms with Crippen molar-refractivity contribution in [3.05, 3.63) is 173 Å². The molecule has 8 rings (SSSR count). The van der Waals surface area contributed by atoms with Crippen LogP contribution in [0, 0.1) is 0 Å². The van der Waals surface area contributed by atoms with Crippen molar-refractivity contribution in [2.45, 2.75) is 31.2 Å². The van der Waals surface area contributed by atoms with E-state index in [1.165, 1.54) is 0 Å². The fraction of sp³-hybridized carbons (Fsp3) is 0.205. The van der Waals surface area contributed by atoms with E-state index < -0.39 is 5.41 Å². The third-order valence-corrected chi connectivity index (χ3v) is 9.85. The normalized spacial score (nSPS) is 19.8. The molecule has 0 saturated carbocycles. The molecule has 5 aromatic rings. The molecule has 0 N–H and O–H groups in total. The molecule has 3 heterocycles. The summed E-state index contributed by atoms with van der Waals surface area (Å²) in [5, 5.41) is 0. The fourth-order valence-corrected chi connectivity index (χ4v) is 7.55. The lowest BCUT2D eigenvalue weighted by Crippen LogP contribution is -2.45. The number of amides is 1. The number of nitrogens with zero attached hydrogens (tertiary/aromatic N) is 1. The number of allylic oxidation sites excluding steroid dienone is 2. The van der Waals surface area contributed by atoms with Gasteiger partial charge in [0.2, 0.25) is 5.91 Å². The van der Waals surface area contributed by atoms with E-state index in [1.54, 1.807) is 0 Å². The van der Waals surface area contributed by atoms with Crippen LogP contribution < -0.4 is 9.64 Å². The second kappa shape index (κ2) is 13.7. The Labute approximate surface area is 293 Å². The van der Waals surface area contributed by atoms with E-state index in [1.807, 2.05) is 89.8 Å². The Hall–Kier alpha value is -5.59. The van der Waals surface area contributed by atoms with Crippen LogP contribution in [-0.4, -0.2) is 32.3 Å². The highest BCUT2D eigenvalue weighted by Crippen LogP contribution is 2.57. The SMILES string of the molecule is CC/C1=C\C2=C(CCOCCO1)C1(CO2)C(=O)N(C(c2ccccc2)c2ccccc2)c2cccc(-c3ccc(Oc4ccccc4)cc3)c21. The van der Waals surface area contributed by atoms with Crippen LogP contribution in [0.4, 0.5) is 5.69 Å². The van der Waals surface area contributed by atoms with Crippen LogP contribution in [0.2, 0.25) is 0 Å². The van der Waals surface area contributed by atoms with Gasteiger partial charge in [-0.25, -0.2) is 0 Å². The Morgan fingerprint density at radius 1 is 0.720 bits per heavy atom. The van der Waals surface area contributed by atoms with Crippen LogP contribution >= 0.6 is 0 Å². The Bertz CT molecular complexity index is 2000. The van der Waals surface area contributed by atoms with Gasteiger partial charge in [-0.3, -0.25) is 9.69 Å². The summed E-state index contributed by atoms with van der Waals surface area (Å²) in [7, 11) is 0. The Morgan fingerprint density at radius 2 is 1.38 bits per heavy atom. The van der Waals surface area contributed by atoms with E-state index in [9.17, 15) is 0 Å². The summed E-state index contributed by atoms with van der Waals surface area (Å²) >= 11 is 0. The molecule has 0 aromatic heterocycles. The van der Waals surface area contributed by atoms with Crippen molar-refractivity contribution in [1.29, 1.82) is 0 Å². The lowest BCUT2D eigenvalue weighted by Gasteiger charge is -2.32. The van der Waals surface area contributed by atoms with E-state index in [4.69, 9.17) is 18.9 Å². The summed E-state index contributed by atoms with van der Waals surface area (Å²) in [6, 6.07) is 44.4. The summed E-state index contributed by atoms with van der Waals surface area (Å²) in [5.74, 6) is 3.03. The number of benzene rings is 5. The highest BCUT2D eigenvalue weighted by atomic mass is 16.5. The summed E-state index contributed by atoms with van der Waals surface area (Å²) < 4.78 is 24.8. The van der Waals surface area contributed by atoms with Crippen molar-refractivity contribution in [3.63, 3.8) is 0 Å². The molecule has 1 amide bonds. The zero-order chi connectivity index (χ0) is 33.9. The summed E-state index contributed by atoms with van der Waals surface area (Å²) in [6.07, 6.45) is 3.26. The minimum Gasteiger partial charge on any atom is -0.495 e. The van der Waals surface area contributed by atoms with Crippen molar-refractivity contribution in [1.82, 2.24) is 0 Å². The number of hydrogen-bond acceptors (Lipinski definition) is 5. The first-order chi connectivity index (χ1) is 24.7. The number of para-hydroxylation sites is 1. The van der Waals surface area contributed by atoms with Crippen LogP contribution in [0.3, 0.4) is 0 Å². The second-order valence-corrected chi connectivity index (χ2v) is 12.8. The minimum absolute atomic E-state index is 0.00360. The van der Waals surface area contributed by atoms with Gasteiger partial charge in [0.25, 0.3) is 0 Å². The van der Waals surface area contributed by atoms with Gasteiger partial charge in [0, 0.05) is 18.1 Å². The largest absolute Gasteiger partial charge is 0.495 e. The van der Waals surface area contributed by atoms with Gasteiger partial charge < -0.3 is 18.9 Å². The standard InChI is InChI=1S/C44H39NO5/c1-2-34-29-40-38(25-26-47-27-28-48-34)44(30-49-40)41-37(31-21-23-36(24-22-31)50-35-17-10-5-11-18-35)19-12-20-39(41)45(43(44)46)42(32-13-6-3-7-14-32)33-15-8-4-9-16-33/h3-24,29,42H,2,25-28,30H2,1H3/b34-29+.